The minimum Gasteiger partial charge on any atom is -0.418 e. The highest BCUT2D eigenvalue weighted by Crippen LogP contribution is 1.96. The molecule has 0 fully saturated rings. The fourth-order valence-electron chi connectivity index (χ4n) is 0.149. The lowest BCUT2D eigenvalue weighted by molar-refractivity contribution is 0.438. The topological polar surface area (TPSA) is 40.5 Å². The van der Waals surface area contributed by atoms with Gasteiger partial charge in [0.2, 0.25) is 0 Å². The zero-order valence-corrected chi connectivity index (χ0v) is 4.40. The van der Waals surface area contributed by atoms with Crippen LogP contribution in [0.5, 0.6) is 0 Å². The van der Waals surface area contributed by atoms with E-state index in [2.05, 4.69) is 0 Å². The second-order valence-corrected chi connectivity index (χ2v) is 2.11. The van der Waals surface area contributed by atoms with Crippen LogP contribution in [0.3, 0.4) is 0 Å². The van der Waals surface area contributed by atoms with Crippen molar-refractivity contribution in [1.82, 2.24) is 0 Å². The van der Waals surface area contributed by atoms with Gasteiger partial charge in [0.15, 0.2) is 0 Å². The van der Waals surface area contributed by atoms with Gasteiger partial charge in [-0.1, -0.05) is 6.92 Å². The smallest absolute Gasteiger partial charge is 0.418 e. The van der Waals surface area contributed by atoms with Crippen LogP contribution >= 0.6 is 11.6 Å². The van der Waals surface area contributed by atoms with Crippen molar-refractivity contribution in [3.63, 3.8) is 0 Å². The minimum atomic E-state index is -1.19. The van der Waals surface area contributed by atoms with E-state index in [1.54, 1.807) is 0 Å². The largest absolute Gasteiger partial charge is 0.525 e. The maximum absolute atomic E-state index is 8.07. The van der Waals surface area contributed by atoms with Crippen LogP contribution in [0.25, 0.3) is 0 Å². The summed E-state index contributed by atoms with van der Waals surface area (Å²) in [6, 6.07) is 0. The summed E-state index contributed by atoms with van der Waals surface area (Å²) in [6.07, 6.45) is -1.19. The third kappa shape index (κ3) is 4.33. The molecular weight excluding hydrogens is 98.9 g/mol. The summed E-state index contributed by atoms with van der Waals surface area (Å²) in [5.41, 5.74) is 0. The maximum atomic E-state index is 8.07. The molecule has 0 aliphatic heterocycles. The predicted molar refractivity (Wildman–Crippen MR) is 28.3 cm³/mol. The summed E-state index contributed by atoms with van der Waals surface area (Å²) in [4.78, 5) is 0. The van der Waals surface area contributed by atoms with Gasteiger partial charge in [-0.15, -0.1) is 11.6 Å². The van der Waals surface area contributed by atoms with Crippen molar-refractivity contribution in [2.24, 2.45) is 0 Å². The Morgan fingerprint density at radius 1 is 1.67 bits per heavy atom. The van der Waals surface area contributed by atoms with Crippen LogP contribution in [0.2, 0.25) is 0 Å². The Bertz CT molecular complexity index is 32.7. The second-order valence-electron chi connectivity index (χ2n) is 0.782. The molecule has 0 aromatic carbocycles. The second kappa shape index (κ2) is 3.52. The molecule has 36 valence electrons. The molecule has 0 atom stereocenters. The van der Waals surface area contributed by atoms with E-state index in [1.807, 2.05) is 6.92 Å². The zero-order chi connectivity index (χ0) is 4.99. The first-order valence-corrected chi connectivity index (χ1v) is 2.80. The van der Waals surface area contributed by atoms with E-state index in [4.69, 9.17) is 10.0 Å². The van der Waals surface area contributed by atoms with Gasteiger partial charge in [-0.2, -0.15) is 0 Å². The molecule has 0 saturated carbocycles. The van der Waals surface area contributed by atoms with Gasteiger partial charge >= 0.3 is 6.40 Å². The molecular formula is C2H7BO2S. The van der Waals surface area contributed by atoms with E-state index < -0.39 is 6.40 Å². The normalized spacial score (nSPS) is 8.50. The Hall–Kier alpha value is 0.335. The molecule has 0 saturated heterocycles. The van der Waals surface area contributed by atoms with Crippen LogP contribution < -0.4 is 0 Å². The number of hydrogen-bond donors (Lipinski definition) is 2. The molecule has 0 radical (unpaired) electrons. The molecule has 0 rings (SSSR count). The zero-order valence-electron chi connectivity index (χ0n) is 3.59. The van der Waals surface area contributed by atoms with E-state index in [0.29, 0.717) is 0 Å². The van der Waals surface area contributed by atoms with Gasteiger partial charge in [-0.05, 0) is 5.75 Å². The van der Waals surface area contributed by atoms with Crippen LogP contribution in [0.15, 0.2) is 0 Å². The Morgan fingerprint density at radius 3 is 2.17 bits per heavy atom. The number of hydrogen-bond acceptors (Lipinski definition) is 3. The van der Waals surface area contributed by atoms with Crippen LogP contribution in [-0.4, -0.2) is 22.2 Å². The quantitative estimate of drug-likeness (QED) is 0.475. The molecule has 0 unspecified atom stereocenters. The standard InChI is InChI=1S/C2H7BO2S/c1-2-6-3(4)5/h4-5H,2H2,1H3. The van der Waals surface area contributed by atoms with Crippen LogP contribution in [0.1, 0.15) is 6.92 Å². The Balaban J connectivity index is 2.63. The lowest BCUT2D eigenvalue weighted by Gasteiger charge is -1.88. The van der Waals surface area contributed by atoms with E-state index in [0.717, 1.165) is 17.4 Å². The molecule has 4 heteroatoms. The van der Waals surface area contributed by atoms with E-state index in [-0.39, 0.29) is 0 Å². The SMILES string of the molecule is CCSB(O)O. The van der Waals surface area contributed by atoms with Gasteiger partial charge in [-0.3, -0.25) is 0 Å². The highest BCUT2D eigenvalue weighted by Gasteiger charge is 2.01. The van der Waals surface area contributed by atoms with Gasteiger partial charge in [0.1, 0.15) is 0 Å². The van der Waals surface area contributed by atoms with Crippen molar-refractivity contribution in [2.75, 3.05) is 5.75 Å². The van der Waals surface area contributed by atoms with Gasteiger partial charge in [-0.25, -0.2) is 0 Å². The number of rotatable bonds is 2. The molecule has 0 bridgehead atoms. The maximum Gasteiger partial charge on any atom is 0.525 e. The summed E-state index contributed by atoms with van der Waals surface area (Å²) in [6.45, 7) is 1.87. The first-order chi connectivity index (χ1) is 2.77. The van der Waals surface area contributed by atoms with E-state index in [9.17, 15) is 0 Å². The molecule has 6 heavy (non-hydrogen) atoms. The van der Waals surface area contributed by atoms with Crippen molar-refractivity contribution in [1.29, 1.82) is 0 Å². The van der Waals surface area contributed by atoms with Crippen molar-refractivity contribution in [2.45, 2.75) is 6.92 Å². The van der Waals surface area contributed by atoms with Crippen LogP contribution in [0.4, 0.5) is 0 Å². The van der Waals surface area contributed by atoms with Crippen LogP contribution in [0, 0.1) is 0 Å². The monoisotopic (exact) mass is 106 g/mol. The van der Waals surface area contributed by atoms with Crippen LogP contribution in [-0.2, 0) is 0 Å². The van der Waals surface area contributed by atoms with Crippen molar-refractivity contribution < 1.29 is 10.0 Å². The molecule has 2 nitrogen and oxygen atoms in total. The fourth-order valence-corrected chi connectivity index (χ4v) is 0.447. The third-order valence-corrected chi connectivity index (χ3v) is 0.947. The third-order valence-electron chi connectivity index (χ3n) is 0.316. The van der Waals surface area contributed by atoms with Crippen molar-refractivity contribution >= 4 is 18.0 Å². The summed E-state index contributed by atoms with van der Waals surface area (Å²) in [7, 11) is 0. The van der Waals surface area contributed by atoms with Gasteiger partial charge in [0.25, 0.3) is 0 Å². The lowest BCUT2D eigenvalue weighted by Crippen LogP contribution is -2.04. The average molecular weight is 106 g/mol. The molecule has 0 spiro atoms. The Kier molecular flexibility index (Phi) is 3.72. The van der Waals surface area contributed by atoms with Crippen molar-refractivity contribution in [3.8, 4) is 0 Å². The molecule has 0 aromatic heterocycles. The molecule has 0 aromatic rings. The molecule has 0 aliphatic carbocycles. The molecule has 2 N–H and O–H groups in total. The summed E-state index contributed by atoms with van der Waals surface area (Å²) >= 11 is 1.10. The predicted octanol–water partition coefficient (Wildman–Crippen LogP) is -0.291. The minimum absolute atomic E-state index is 0.748. The highest BCUT2D eigenvalue weighted by molar-refractivity contribution is 8.23. The molecule has 0 aliphatic rings. The fraction of sp³-hybridized carbons (Fsp3) is 1.00. The Morgan fingerprint density at radius 2 is 2.17 bits per heavy atom. The Labute approximate surface area is 41.6 Å². The molecule has 0 amide bonds. The summed E-state index contributed by atoms with van der Waals surface area (Å²) in [5.74, 6) is 0.748. The highest BCUT2D eigenvalue weighted by atomic mass is 32.2. The summed E-state index contributed by atoms with van der Waals surface area (Å²) in [5, 5.41) is 16.1. The first kappa shape index (κ1) is 6.33. The average Bonchev–Trinajstić information content (AvgIpc) is 1.35. The summed E-state index contributed by atoms with van der Waals surface area (Å²) < 4.78 is 0. The van der Waals surface area contributed by atoms with Gasteiger partial charge in [0.05, 0.1) is 0 Å². The van der Waals surface area contributed by atoms with E-state index in [1.165, 1.54) is 0 Å². The van der Waals surface area contributed by atoms with E-state index >= 15 is 0 Å². The van der Waals surface area contributed by atoms with Gasteiger partial charge in [0, 0.05) is 0 Å². The van der Waals surface area contributed by atoms with Crippen molar-refractivity contribution in [3.05, 3.63) is 0 Å². The first-order valence-electron chi connectivity index (χ1n) is 1.75. The lowest BCUT2D eigenvalue weighted by atomic mass is 10.4. The molecule has 0 heterocycles. The van der Waals surface area contributed by atoms with Gasteiger partial charge < -0.3 is 10.0 Å².